The number of amides is 1. The minimum atomic E-state index is -4.26. The number of rotatable bonds is 8. The third kappa shape index (κ3) is 4.94. The van der Waals surface area contributed by atoms with Crippen LogP contribution in [-0.4, -0.2) is 48.7 Å². The molecule has 1 amide bonds. The Kier molecular flexibility index (Phi) is 7.61. The van der Waals surface area contributed by atoms with E-state index in [0.29, 0.717) is 17.3 Å². The maximum absolute atomic E-state index is 14.0. The molecule has 0 fully saturated rings. The van der Waals surface area contributed by atoms with Gasteiger partial charge in [0.15, 0.2) is 11.5 Å². The minimum Gasteiger partial charge on any atom is -0.495 e. The lowest BCUT2D eigenvalue weighted by atomic mass is 10.0. The summed E-state index contributed by atoms with van der Waals surface area (Å²) in [4.78, 5) is 15.2. The number of carbonyl (C=O) groups is 1. The van der Waals surface area contributed by atoms with E-state index in [1.165, 1.54) is 45.6 Å². The van der Waals surface area contributed by atoms with Gasteiger partial charge in [-0.15, -0.1) is 0 Å². The summed E-state index contributed by atoms with van der Waals surface area (Å²) in [7, 11) is 0.0493. The third-order valence-electron chi connectivity index (χ3n) is 6.04. The number of aryl methyl sites for hydroxylation is 1. The molecular weight excluding hydrogens is 504 g/mol. The number of hydrogen-bond donors (Lipinski definition) is 0. The lowest BCUT2D eigenvalue weighted by Gasteiger charge is -2.32. The van der Waals surface area contributed by atoms with Crippen LogP contribution in [0.5, 0.6) is 17.2 Å². The van der Waals surface area contributed by atoms with E-state index in [-0.39, 0.29) is 28.0 Å². The van der Waals surface area contributed by atoms with E-state index in [2.05, 4.69) is 0 Å². The number of benzene rings is 3. The van der Waals surface area contributed by atoms with Crippen molar-refractivity contribution in [3.63, 3.8) is 0 Å². The second-order valence-electron chi connectivity index (χ2n) is 8.12. The van der Waals surface area contributed by atoms with Crippen molar-refractivity contribution < 1.29 is 27.4 Å². The van der Waals surface area contributed by atoms with Crippen LogP contribution in [0.2, 0.25) is 5.02 Å². The quantitative estimate of drug-likeness (QED) is 0.425. The van der Waals surface area contributed by atoms with Crippen LogP contribution in [0.25, 0.3) is 0 Å². The molecule has 0 atom stereocenters. The van der Waals surface area contributed by atoms with E-state index >= 15 is 0 Å². The maximum atomic E-state index is 14.0. The van der Waals surface area contributed by atoms with E-state index in [9.17, 15) is 13.2 Å². The van der Waals surface area contributed by atoms with Gasteiger partial charge in [0.05, 0.1) is 31.9 Å². The van der Waals surface area contributed by atoms with Crippen molar-refractivity contribution in [3.8, 4) is 17.2 Å². The molecule has 0 N–H and O–H groups in total. The highest BCUT2D eigenvalue weighted by molar-refractivity contribution is 7.92. The molecule has 0 aromatic heterocycles. The van der Waals surface area contributed by atoms with Gasteiger partial charge in [-0.05, 0) is 54.8 Å². The standard InChI is InChI=1S/C26H27ClN2O6S/c1-33-23-12-10-19(27)15-22(23)29(36(31,32)20-11-13-24(34-2)25(16-20)35-3)17-26(30)28-14-6-8-18-7-4-5-9-21(18)28/h4-5,7,9-13,15-16H,6,8,14,17H2,1-3H3. The Morgan fingerprint density at radius 2 is 1.64 bits per heavy atom. The number of para-hydroxylation sites is 1. The zero-order valence-corrected chi connectivity index (χ0v) is 21.8. The molecule has 0 saturated heterocycles. The fraction of sp³-hybridized carbons (Fsp3) is 0.269. The zero-order chi connectivity index (χ0) is 25.9. The van der Waals surface area contributed by atoms with Gasteiger partial charge in [0.1, 0.15) is 12.3 Å². The Bertz CT molecular complexity index is 1380. The van der Waals surface area contributed by atoms with Crippen LogP contribution in [0.4, 0.5) is 11.4 Å². The summed E-state index contributed by atoms with van der Waals surface area (Å²) >= 11 is 6.24. The number of anilines is 2. The van der Waals surface area contributed by atoms with E-state index in [1.54, 1.807) is 17.0 Å². The SMILES string of the molecule is COc1ccc(S(=O)(=O)N(CC(=O)N2CCCc3ccccc32)c2cc(Cl)ccc2OC)cc1OC. The van der Waals surface area contributed by atoms with Crippen molar-refractivity contribution in [1.29, 1.82) is 0 Å². The summed E-state index contributed by atoms with van der Waals surface area (Å²) in [5.41, 5.74) is 1.99. The van der Waals surface area contributed by atoms with Gasteiger partial charge in [-0.1, -0.05) is 29.8 Å². The highest BCUT2D eigenvalue weighted by Crippen LogP contribution is 2.37. The molecule has 1 aliphatic heterocycles. The van der Waals surface area contributed by atoms with Gasteiger partial charge < -0.3 is 19.1 Å². The number of halogens is 1. The van der Waals surface area contributed by atoms with E-state index in [1.807, 2.05) is 24.3 Å². The number of nitrogens with zero attached hydrogens (tertiary/aromatic N) is 2. The van der Waals surface area contributed by atoms with Gasteiger partial charge in [0.25, 0.3) is 10.0 Å². The minimum absolute atomic E-state index is 0.0750. The van der Waals surface area contributed by atoms with Crippen LogP contribution in [0.15, 0.2) is 65.6 Å². The molecule has 4 rings (SSSR count). The summed E-state index contributed by atoms with van der Waals surface area (Å²) in [6, 6.07) is 16.5. The molecule has 0 spiro atoms. The molecule has 190 valence electrons. The van der Waals surface area contributed by atoms with Gasteiger partial charge in [-0.25, -0.2) is 8.42 Å². The molecule has 10 heteroatoms. The van der Waals surface area contributed by atoms with Gasteiger partial charge >= 0.3 is 0 Å². The molecule has 0 aliphatic carbocycles. The van der Waals surface area contributed by atoms with Gasteiger partial charge in [-0.3, -0.25) is 9.10 Å². The highest BCUT2D eigenvalue weighted by atomic mass is 35.5. The molecule has 1 heterocycles. The first-order valence-corrected chi connectivity index (χ1v) is 13.1. The predicted octanol–water partition coefficient (Wildman–Crippen LogP) is 4.54. The Morgan fingerprint density at radius 3 is 2.36 bits per heavy atom. The number of methoxy groups -OCH3 is 3. The first kappa shape index (κ1) is 25.7. The molecule has 0 unspecified atom stereocenters. The van der Waals surface area contributed by atoms with Crippen molar-refractivity contribution in [2.45, 2.75) is 17.7 Å². The summed E-state index contributed by atoms with van der Waals surface area (Å²) in [6.45, 7) is 0.0362. The molecule has 0 saturated carbocycles. The normalized spacial score (nSPS) is 13.1. The fourth-order valence-electron chi connectivity index (χ4n) is 4.26. The molecule has 1 aliphatic rings. The first-order valence-electron chi connectivity index (χ1n) is 11.3. The summed E-state index contributed by atoms with van der Waals surface area (Å²) in [5.74, 6) is 0.515. The molecule has 8 nitrogen and oxygen atoms in total. The summed E-state index contributed by atoms with van der Waals surface area (Å²) < 4.78 is 45.0. The monoisotopic (exact) mass is 530 g/mol. The largest absolute Gasteiger partial charge is 0.495 e. The Labute approximate surface area is 216 Å². The number of fused-ring (bicyclic) bond motifs is 1. The van der Waals surface area contributed by atoms with Gasteiger partial charge in [0, 0.05) is 23.3 Å². The van der Waals surface area contributed by atoms with Crippen LogP contribution in [0, 0.1) is 0 Å². The van der Waals surface area contributed by atoms with Crippen LogP contribution in [0.1, 0.15) is 12.0 Å². The highest BCUT2D eigenvalue weighted by Gasteiger charge is 2.33. The zero-order valence-electron chi connectivity index (χ0n) is 20.2. The second kappa shape index (κ2) is 10.7. The van der Waals surface area contributed by atoms with Crippen LogP contribution >= 0.6 is 11.6 Å². The molecule has 0 radical (unpaired) electrons. The number of carbonyl (C=O) groups excluding carboxylic acids is 1. The third-order valence-corrected chi connectivity index (χ3v) is 8.03. The van der Waals surface area contributed by atoms with E-state index < -0.39 is 16.6 Å². The lowest BCUT2D eigenvalue weighted by Crippen LogP contribution is -2.45. The first-order chi connectivity index (χ1) is 17.3. The topological polar surface area (TPSA) is 85.4 Å². The molecule has 3 aromatic carbocycles. The molecular formula is C26H27ClN2O6S. The second-order valence-corrected chi connectivity index (χ2v) is 10.4. The molecule has 3 aromatic rings. The van der Waals surface area contributed by atoms with Crippen LogP contribution < -0.4 is 23.4 Å². The maximum Gasteiger partial charge on any atom is 0.265 e. The smallest absolute Gasteiger partial charge is 0.265 e. The Hall–Kier alpha value is -3.43. The number of ether oxygens (including phenoxy) is 3. The van der Waals surface area contributed by atoms with Crippen LogP contribution in [-0.2, 0) is 21.2 Å². The lowest BCUT2D eigenvalue weighted by molar-refractivity contribution is -0.117. The van der Waals surface area contributed by atoms with Gasteiger partial charge in [0.2, 0.25) is 5.91 Å². The van der Waals surface area contributed by atoms with Crippen molar-refractivity contribution in [3.05, 3.63) is 71.2 Å². The molecule has 0 bridgehead atoms. The van der Waals surface area contributed by atoms with Crippen molar-refractivity contribution >= 4 is 38.9 Å². The Morgan fingerprint density at radius 1 is 0.944 bits per heavy atom. The predicted molar refractivity (Wildman–Crippen MR) is 139 cm³/mol. The number of sulfonamides is 1. The van der Waals surface area contributed by atoms with E-state index in [0.717, 1.165) is 28.4 Å². The summed E-state index contributed by atoms with van der Waals surface area (Å²) in [5, 5.41) is 0.300. The molecule has 36 heavy (non-hydrogen) atoms. The summed E-state index contributed by atoms with van der Waals surface area (Å²) in [6.07, 6.45) is 1.64. The number of hydrogen-bond acceptors (Lipinski definition) is 6. The van der Waals surface area contributed by atoms with Crippen molar-refractivity contribution in [2.75, 3.05) is 43.6 Å². The Balaban J connectivity index is 1.81. The average molecular weight is 531 g/mol. The average Bonchev–Trinajstić information content (AvgIpc) is 2.90. The van der Waals surface area contributed by atoms with Crippen LogP contribution in [0.3, 0.4) is 0 Å². The van der Waals surface area contributed by atoms with Crippen molar-refractivity contribution in [2.24, 2.45) is 0 Å². The van der Waals surface area contributed by atoms with Gasteiger partial charge in [-0.2, -0.15) is 0 Å². The fourth-order valence-corrected chi connectivity index (χ4v) is 5.86. The van der Waals surface area contributed by atoms with E-state index in [4.69, 9.17) is 25.8 Å². The van der Waals surface area contributed by atoms with Crippen molar-refractivity contribution in [1.82, 2.24) is 0 Å².